The van der Waals surface area contributed by atoms with Crippen LogP contribution in [0.5, 0.6) is 0 Å². The predicted octanol–water partition coefficient (Wildman–Crippen LogP) is 4.26. The average Bonchev–Trinajstić information content (AvgIpc) is 3.17. The van der Waals surface area contributed by atoms with E-state index in [4.69, 9.17) is 11.6 Å². The van der Waals surface area contributed by atoms with Gasteiger partial charge in [0.15, 0.2) is 0 Å². The number of amides is 1. The summed E-state index contributed by atoms with van der Waals surface area (Å²) in [6.45, 7) is 0.286. The number of carbonyl (C=O) groups excluding carboxylic acids is 1. The third-order valence-electron chi connectivity index (χ3n) is 3.06. The lowest BCUT2D eigenvalue weighted by Crippen LogP contribution is -2.21. The number of rotatable bonds is 4. The van der Waals surface area contributed by atoms with Gasteiger partial charge in [-0.15, -0.1) is 11.3 Å². The third-order valence-corrected chi connectivity index (χ3v) is 5.17. The molecule has 8 heteroatoms. The smallest absolute Gasteiger partial charge is 0.261 e. The number of imidazole rings is 1. The lowest BCUT2D eigenvalue weighted by Gasteiger charge is -2.03. The summed E-state index contributed by atoms with van der Waals surface area (Å²) < 4.78 is 16.5. The molecule has 0 aliphatic heterocycles. The molecule has 0 atom stereocenters. The number of benzene rings is 1. The first kappa shape index (κ1) is 16.4. The molecule has 0 aliphatic rings. The molecule has 0 saturated carbocycles. The van der Waals surface area contributed by atoms with Gasteiger partial charge < -0.3 is 9.88 Å². The van der Waals surface area contributed by atoms with E-state index in [1.807, 2.05) is 28.7 Å². The van der Waals surface area contributed by atoms with Gasteiger partial charge in [-0.25, -0.2) is 9.37 Å². The molecular formula is C15H10ClFIN3OS. The molecule has 2 aromatic heterocycles. The molecular weight excluding hydrogens is 452 g/mol. The highest BCUT2D eigenvalue weighted by Crippen LogP contribution is 2.21. The summed E-state index contributed by atoms with van der Waals surface area (Å²) in [4.78, 5) is 16.7. The molecule has 0 saturated heterocycles. The molecule has 1 aromatic carbocycles. The number of aromatic nitrogens is 2. The Morgan fingerprint density at radius 1 is 1.39 bits per heavy atom. The predicted molar refractivity (Wildman–Crippen MR) is 96.7 cm³/mol. The molecule has 3 rings (SSSR count). The molecule has 1 N–H and O–H groups in total. The zero-order valence-electron chi connectivity index (χ0n) is 11.6. The highest BCUT2D eigenvalue weighted by Gasteiger charge is 2.09. The fourth-order valence-corrected chi connectivity index (χ4v) is 3.23. The average molecular weight is 462 g/mol. The van der Waals surface area contributed by atoms with Crippen LogP contribution in [0.25, 0.3) is 5.69 Å². The van der Waals surface area contributed by atoms with Crippen molar-refractivity contribution in [3.63, 3.8) is 0 Å². The molecule has 0 fully saturated rings. The number of carbonyl (C=O) groups is 1. The number of nitrogens with zero attached hydrogens (tertiary/aromatic N) is 2. The number of thiophene rings is 1. The van der Waals surface area contributed by atoms with Gasteiger partial charge >= 0.3 is 0 Å². The Balaban J connectivity index is 1.67. The first-order chi connectivity index (χ1) is 11.0. The van der Waals surface area contributed by atoms with Crippen LogP contribution in [-0.4, -0.2) is 15.5 Å². The minimum atomic E-state index is -0.277. The van der Waals surface area contributed by atoms with Crippen LogP contribution in [0.1, 0.15) is 15.4 Å². The van der Waals surface area contributed by atoms with E-state index in [9.17, 15) is 9.18 Å². The summed E-state index contributed by atoms with van der Waals surface area (Å²) in [7, 11) is 0. The monoisotopic (exact) mass is 461 g/mol. The normalized spacial score (nSPS) is 10.7. The van der Waals surface area contributed by atoms with Crippen molar-refractivity contribution in [1.29, 1.82) is 0 Å². The van der Waals surface area contributed by atoms with E-state index >= 15 is 0 Å². The van der Waals surface area contributed by atoms with Gasteiger partial charge in [-0.1, -0.05) is 11.6 Å². The molecule has 1 amide bonds. The van der Waals surface area contributed by atoms with Crippen molar-refractivity contribution in [2.75, 3.05) is 0 Å². The van der Waals surface area contributed by atoms with Gasteiger partial charge in [0.2, 0.25) is 0 Å². The summed E-state index contributed by atoms with van der Waals surface area (Å²) in [6.07, 6.45) is 3.34. The van der Waals surface area contributed by atoms with E-state index in [2.05, 4.69) is 10.3 Å². The van der Waals surface area contributed by atoms with Gasteiger partial charge in [-0.05, 0) is 52.9 Å². The van der Waals surface area contributed by atoms with E-state index in [0.717, 1.165) is 0 Å². The molecule has 0 bridgehead atoms. The molecule has 4 nitrogen and oxygen atoms in total. The molecule has 0 spiro atoms. The van der Waals surface area contributed by atoms with Crippen molar-refractivity contribution in [3.05, 3.63) is 67.2 Å². The summed E-state index contributed by atoms with van der Waals surface area (Å²) in [6, 6.07) is 8.31. The number of hydrogen-bond donors (Lipinski definition) is 1. The Morgan fingerprint density at radius 2 is 2.22 bits per heavy atom. The molecule has 0 radical (unpaired) electrons. The van der Waals surface area contributed by atoms with Crippen LogP contribution in [0.4, 0.5) is 4.39 Å². The lowest BCUT2D eigenvalue weighted by atomic mass is 10.3. The first-order valence-electron chi connectivity index (χ1n) is 6.55. The van der Waals surface area contributed by atoms with Crippen molar-refractivity contribution in [2.24, 2.45) is 0 Å². The quantitative estimate of drug-likeness (QED) is 0.590. The van der Waals surface area contributed by atoms with Gasteiger partial charge in [0.05, 0.1) is 27.8 Å². The van der Waals surface area contributed by atoms with E-state index in [1.165, 1.54) is 17.4 Å². The fourth-order valence-electron chi connectivity index (χ4n) is 1.94. The zero-order chi connectivity index (χ0) is 16.4. The highest BCUT2D eigenvalue weighted by atomic mass is 127. The van der Waals surface area contributed by atoms with Crippen molar-refractivity contribution in [3.8, 4) is 5.69 Å². The molecule has 3 aromatic rings. The van der Waals surface area contributed by atoms with Crippen LogP contribution < -0.4 is 5.32 Å². The maximum absolute atomic E-state index is 13.6. The van der Waals surface area contributed by atoms with Crippen molar-refractivity contribution >= 4 is 51.4 Å². The van der Waals surface area contributed by atoms with Crippen LogP contribution in [0.3, 0.4) is 0 Å². The number of nitrogens with one attached hydrogen (secondary N) is 1. The molecule has 23 heavy (non-hydrogen) atoms. The standard InChI is InChI=1S/C15H10ClFIN3OS/c16-14-4-3-13(23-14)15(22)19-6-9-7-21(8-20-9)10-1-2-12(18)11(17)5-10/h1-5,7-8H,6H2,(H,19,22). The van der Waals surface area contributed by atoms with Gasteiger partial charge in [0.25, 0.3) is 5.91 Å². The maximum Gasteiger partial charge on any atom is 0.261 e. The van der Waals surface area contributed by atoms with Gasteiger partial charge in [-0.3, -0.25) is 4.79 Å². The number of hydrogen-bond acceptors (Lipinski definition) is 3. The SMILES string of the molecule is O=C(NCc1cn(-c2ccc(I)c(F)c2)cn1)c1ccc(Cl)s1. The Morgan fingerprint density at radius 3 is 2.91 bits per heavy atom. The van der Waals surface area contributed by atoms with Crippen LogP contribution >= 0.6 is 45.5 Å². The lowest BCUT2D eigenvalue weighted by molar-refractivity contribution is 0.0954. The van der Waals surface area contributed by atoms with Crippen LogP contribution in [0.15, 0.2) is 42.9 Å². The van der Waals surface area contributed by atoms with E-state index in [1.54, 1.807) is 35.3 Å². The van der Waals surface area contributed by atoms with Crippen molar-refractivity contribution < 1.29 is 9.18 Å². The Kier molecular flexibility index (Phi) is 4.98. The minimum Gasteiger partial charge on any atom is -0.346 e. The zero-order valence-corrected chi connectivity index (χ0v) is 15.3. The molecule has 0 unspecified atom stereocenters. The Bertz CT molecular complexity index is 864. The van der Waals surface area contributed by atoms with Gasteiger partial charge in [0.1, 0.15) is 5.82 Å². The first-order valence-corrected chi connectivity index (χ1v) is 8.82. The summed E-state index contributed by atoms with van der Waals surface area (Å²) in [5.41, 5.74) is 1.36. The summed E-state index contributed by atoms with van der Waals surface area (Å²) in [5, 5.41) is 2.78. The molecule has 118 valence electrons. The van der Waals surface area contributed by atoms with Gasteiger partial charge in [0, 0.05) is 15.5 Å². The molecule has 2 heterocycles. The van der Waals surface area contributed by atoms with E-state index in [-0.39, 0.29) is 18.3 Å². The van der Waals surface area contributed by atoms with Crippen molar-refractivity contribution in [1.82, 2.24) is 14.9 Å². The highest BCUT2D eigenvalue weighted by molar-refractivity contribution is 14.1. The Hall–Kier alpha value is -1.45. The summed E-state index contributed by atoms with van der Waals surface area (Å²) in [5.74, 6) is -0.474. The topological polar surface area (TPSA) is 46.9 Å². The third kappa shape index (κ3) is 3.91. The van der Waals surface area contributed by atoms with Gasteiger partial charge in [-0.2, -0.15) is 0 Å². The second-order valence-electron chi connectivity index (χ2n) is 4.66. The van der Waals surface area contributed by atoms with Crippen LogP contribution in [0.2, 0.25) is 4.34 Å². The molecule has 0 aliphatic carbocycles. The fraction of sp³-hybridized carbons (Fsp3) is 0.0667. The largest absolute Gasteiger partial charge is 0.346 e. The summed E-state index contributed by atoms with van der Waals surface area (Å²) >= 11 is 8.97. The second-order valence-corrected chi connectivity index (χ2v) is 7.53. The maximum atomic E-state index is 13.6. The van der Waals surface area contributed by atoms with Crippen LogP contribution in [-0.2, 0) is 6.54 Å². The minimum absolute atomic E-state index is 0.197. The van der Waals surface area contributed by atoms with E-state index < -0.39 is 0 Å². The van der Waals surface area contributed by atoms with Crippen molar-refractivity contribution in [2.45, 2.75) is 6.54 Å². The van der Waals surface area contributed by atoms with Crippen LogP contribution in [0, 0.1) is 9.39 Å². The number of halogens is 3. The Labute approximate surface area is 154 Å². The van der Waals surface area contributed by atoms with E-state index in [0.29, 0.717) is 24.2 Å². The second kappa shape index (κ2) is 6.98.